The smallest absolute Gasteiger partial charge is 0.244 e. The highest BCUT2D eigenvalue weighted by Crippen LogP contribution is 2.51. The number of methoxy groups -OCH3 is 1. The van der Waals surface area contributed by atoms with E-state index in [1.807, 2.05) is 30.3 Å². The van der Waals surface area contributed by atoms with E-state index in [2.05, 4.69) is 26.1 Å². The van der Waals surface area contributed by atoms with Crippen LogP contribution < -0.4 is 11.1 Å². The molecule has 2 rings (SSSR count). The predicted octanol–water partition coefficient (Wildman–Crippen LogP) is 2.60. The number of carbonyl (C=O) groups is 1. The van der Waals surface area contributed by atoms with Gasteiger partial charge in [-0.3, -0.25) is 4.79 Å². The lowest BCUT2D eigenvalue weighted by molar-refractivity contribution is -0.183. The highest BCUT2D eigenvalue weighted by Gasteiger charge is 2.58. The van der Waals surface area contributed by atoms with Gasteiger partial charge in [-0.2, -0.15) is 0 Å². The fraction of sp³-hybridized carbons (Fsp3) is 0.588. The largest absolute Gasteiger partial charge is 0.378 e. The molecule has 0 bridgehead atoms. The van der Waals surface area contributed by atoms with E-state index in [-0.39, 0.29) is 35.4 Å². The number of hydrogen-bond acceptors (Lipinski definition) is 3. The van der Waals surface area contributed by atoms with E-state index in [1.165, 1.54) is 0 Å². The Hall–Kier alpha value is -1.10. The van der Waals surface area contributed by atoms with Gasteiger partial charge >= 0.3 is 0 Å². The molecule has 0 heterocycles. The Morgan fingerprint density at radius 3 is 2.32 bits per heavy atom. The molecular weight excluding hydrogens is 300 g/mol. The second-order valence-electron chi connectivity index (χ2n) is 6.96. The Balaban J connectivity index is 0.00000242. The molecule has 1 aromatic rings. The standard InChI is InChI=1S/C17H26N2O2.ClH/c1-15(2)13(11-16(15,3)21-5)19-14(20)17(4,18)12-9-7-6-8-10-12;/h6-10,13H,11,18H2,1-5H3,(H,19,20);1H. The van der Waals surface area contributed by atoms with Crippen molar-refractivity contribution in [3.63, 3.8) is 0 Å². The molecule has 1 aromatic carbocycles. The van der Waals surface area contributed by atoms with Gasteiger partial charge in [-0.15, -0.1) is 12.4 Å². The minimum atomic E-state index is -1.03. The number of nitrogens with one attached hydrogen (secondary N) is 1. The molecule has 22 heavy (non-hydrogen) atoms. The van der Waals surface area contributed by atoms with E-state index in [0.717, 1.165) is 12.0 Å². The van der Waals surface area contributed by atoms with Crippen molar-refractivity contribution < 1.29 is 9.53 Å². The van der Waals surface area contributed by atoms with Gasteiger partial charge in [0.1, 0.15) is 5.54 Å². The second-order valence-corrected chi connectivity index (χ2v) is 6.96. The van der Waals surface area contributed by atoms with Gasteiger partial charge in [0.2, 0.25) is 5.91 Å². The van der Waals surface area contributed by atoms with Crippen LogP contribution in [0.2, 0.25) is 0 Å². The fourth-order valence-electron chi connectivity index (χ4n) is 2.95. The summed E-state index contributed by atoms with van der Waals surface area (Å²) in [5.74, 6) is -0.148. The highest BCUT2D eigenvalue weighted by atomic mass is 35.5. The zero-order valence-electron chi connectivity index (χ0n) is 14.0. The molecule has 3 atom stereocenters. The van der Waals surface area contributed by atoms with Crippen molar-refractivity contribution in [1.29, 1.82) is 0 Å². The first-order valence-corrected chi connectivity index (χ1v) is 7.36. The molecule has 1 aliphatic carbocycles. The summed E-state index contributed by atoms with van der Waals surface area (Å²) in [6.45, 7) is 8.05. The molecule has 4 nitrogen and oxygen atoms in total. The molecule has 5 heteroatoms. The number of amides is 1. The van der Waals surface area contributed by atoms with Crippen molar-refractivity contribution in [2.24, 2.45) is 11.1 Å². The Labute approximate surface area is 139 Å². The van der Waals surface area contributed by atoms with Gasteiger partial charge in [-0.25, -0.2) is 0 Å². The van der Waals surface area contributed by atoms with Crippen LogP contribution in [0.25, 0.3) is 0 Å². The normalized spacial score (nSPS) is 28.7. The monoisotopic (exact) mass is 326 g/mol. The number of nitrogens with two attached hydrogens (primary N) is 1. The molecule has 0 aliphatic heterocycles. The lowest BCUT2D eigenvalue weighted by Crippen LogP contribution is -2.70. The molecule has 0 aromatic heterocycles. The molecule has 1 amide bonds. The summed E-state index contributed by atoms with van der Waals surface area (Å²) in [4.78, 5) is 12.6. The number of halogens is 1. The summed E-state index contributed by atoms with van der Waals surface area (Å²) >= 11 is 0. The lowest BCUT2D eigenvalue weighted by Gasteiger charge is -2.59. The Morgan fingerprint density at radius 1 is 1.32 bits per heavy atom. The maximum atomic E-state index is 12.6. The van der Waals surface area contributed by atoms with E-state index in [9.17, 15) is 4.79 Å². The highest BCUT2D eigenvalue weighted by molar-refractivity contribution is 5.87. The summed E-state index contributed by atoms with van der Waals surface area (Å²) in [6, 6.07) is 9.53. The first-order chi connectivity index (χ1) is 9.65. The first kappa shape index (κ1) is 18.9. The van der Waals surface area contributed by atoms with E-state index in [1.54, 1.807) is 14.0 Å². The summed E-state index contributed by atoms with van der Waals surface area (Å²) in [6.07, 6.45) is 0.799. The van der Waals surface area contributed by atoms with Crippen LogP contribution in [0.4, 0.5) is 0 Å². The molecule has 1 fully saturated rings. The quantitative estimate of drug-likeness (QED) is 0.894. The molecule has 0 radical (unpaired) electrons. The Morgan fingerprint density at radius 2 is 1.86 bits per heavy atom. The maximum Gasteiger partial charge on any atom is 0.244 e. The van der Waals surface area contributed by atoms with Crippen LogP contribution in [0.15, 0.2) is 30.3 Å². The van der Waals surface area contributed by atoms with Gasteiger partial charge in [0.25, 0.3) is 0 Å². The number of hydrogen-bond donors (Lipinski definition) is 2. The zero-order chi connectivity index (χ0) is 15.9. The molecule has 3 unspecified atom stereocenters. The van der Waals surface area contributed by atoms with Crippen LogP contribution in [-0.2, 0) is 15.1 Å². The number of carbonyl (C=O) groups excluding carboxylic acids is 1. The van der Waals surface area contributed by atoms with Crippen LogP contribution in [0, 0.1) is 5.41 Å². The van der Waals surface area contributed by atoms with Gasteiger partial charge in [-0.05, 0) is 25.8 Å². The Kier molecular flexibility index (Phi) is 5.33. The van der Waals surface area contributed by atoms with Crippen LogP contribution in [-0.4, -0.2) is 24.7 Å². The minimum Gasteiger partial charge on any atom is -0.378 e. The zero-order valence-corrected chi connectivity index (χ0v) is 14.8. The molecular formula is C17H27ClN2O2. The van der Waals surface area contributed by atoms with Crippen LogP contribution >= 0.6 is 12.4 Å². The molecule has 0 spiro atoms. The predicted molar refractivity (Wildman–Crippen MR) is 91.0 cm³/mol. The van der Waals surface area contributed by atoms with Crippen LogP contribution in [0.3, 0.4) is 0 Å². The SMILES string of the molecule is COC1(C)CC(NC(=O)C(C)(N)c2ccccc2)C1(C)C.Cl. The molecule has 1 saturated carbocycles. The summed E-state index contributed by atoms with van der Waals surface area (Å²) in [7, 11) is 1.72. The van der Waals surface area contributed by atoms with Gasteiger partial charge in [0.05, 0.1) is 5.60 Å². The van der Waals surface area contributed by atoms with Crippen molar-refractivity contribution in [2.45, 2.75) is 51.3 Å². The topological polar surface area (TPSA) is 64.3 Å². The number of rotatable bonds is 4. The summed E-state index contributed by atoms with van der Waals surface area (Å²) in [5, 5.41) is 3.09. The van der Waals surface area contributed by atoms with Gasteiger partial charge in [0.15, 0.2) is 0 Å². The lowest BCUT2D eigenvalue weighted by atomic mass is 9.55. The van der Waals surface area contributed by atoms with Gasteiger partial charge in [-0.1, -0.05) is 44.2 Å². The Bertz CT molecular complexity index is 531. The fourth-order valence-corrected chi connectivity index (χ4v) is 2.95. The van der Waals surface area contributed by atoms with E-state index in [4.69, 9.17) is 10.5 Å². The minimum absolute atomic E-state index is 0. The molecule has 124 valence electrons. The summed E-state index contributed by atoms with van der Waals surface area (Å²) in [5.41, 5.74) is 5.71. The van der Waals surface area contributed by atoms with Crippen molar-refractivity contribution in [2.75, 3.05) is 7.11 Å². The molecule has 0 saturated heterocycles. The van der Waals surface area contributed by atoms with Gasteiger partial charge in [0, 0.05) is 18.6 Å². The number of ether oxygens (including phenoxy) is 1. The third-order valence-electron chi connectivity index (χ3n) is 5.43. The van der Waals surface area contributed by atoms with Crippen LogP contribution in [0.1, 0.15) is 39.7 Å². The molecule has 1 aliphatic rings. The van der Waals surface area contributed by atoms with Gasteiger partial charge < -0.3 is 15.8 Å². The van der Waals surface area contributed by atoms with Crippen molar-refractivity contribution in [3.05, 3.63) is 35.9 Å². The average Bonchev–Trinajstić information content (AvgIpc) is 2.47. The van der Waals surface area contributed by atoms with E-state index < -0.39 is 5.54 Å². The van der Waals surface area contributed by atoms with Crippen molar-refractivity contribution in [1.82, 2.24) is 5.32 Å². The summed E-state index contributed by atoms with van der Waals surface area (Å²) < 4.78 is 5.59. The third kappa shape index (κ3) is 2.87. The van der Waals surface area contributed by atoms with E-state index in [0.29, 0.717) is 0 Å². The van der Waals surface area contributed by atoms with E-state index >= 15 is 0 Å². The second kappa shape index (κ2) is 6.19. The third-order valence-corrected chi connectivity index (χ3v) is 5.43. The molecule has 3 N–H and O–H groups in total. The van der Waals surface area contributed by atoms with Crippen molar-refractivity contribution in [3.8, 4) is 0 Å². The number of benzene rings is 1. The first-order valence-electron chi connectivity index (χ1n) is 7.36. The van der Waals surface area contributed by atoms with Crippen LogP contribution in [0.5, 0.6) is 0 Å². The van der Waals surface area contributed by atoms with Crippen molar-refractivity contribution >= 4 is 18.3 Å². The average molecular weight is 327 g/mol. The maximum absolute atomic E-state index is 12.6.